The normalized spacial score (nSPS) is 17.2. The van der Waals surface area contributed by atoms with Gasteiger partial charge in [0.05, 0.1) is 38.1 Å². The molecule has 0 aromatic carbocycles. The van der Waals surface area contributed by atoms with Crippen molar-refractivity contribution in [3.8, 4) is 5.75 Å². The Kier molecular flexibility index (Phi) is 5.43. The fourth-order valence-corrected chi connectivity index (χ4v) is 2.82. The second-order valence-corrected chi connectivity index (χ2v) is 5.89. The number of fused-ring (bicyclic) bond motifs is 1. The standard InChI is InChI=1S/C17H22N4O3/c1-23-8-5-17(22)20-10-14(11-21-15(12-20)4-7-19-21)13-24-16-3-2-6-18-9-16/h2-4,6-7,9,14H,5,8,10-13H2,1H3/t14-/m1/s1. The molecule has 1 aliphatic rings. The number of pyridine rings is 1. The van der Waals surface area contributed by atoms with Crippen molar-refractivity contribution in [2.75, 3.05) is 26.9 Å². The van der Waals surface area contributed by atoms with Crippen molar-refractivity contribution in [2.24, 2.45) is 5.92 Å². The van der Waals surface area contributed by atoms with Crippen molar-refractivity contribution in [3.63, 3.8) is 0 Å². The maximum Gasteiger partial charge on any atom is 0.225 e. The zero-order chi connectivity index (χ0) is 16.8. The van der Waals surface area contributed by atoms with Crippen LogP contribution in [0.3, 0.4) is 0 Å². The number of hydrogen-bond acceptors (Lipinski definition) is 5. The van der Waals surface area contributed by atoms with Gasteiger partial charge in [-0.1, -0.05) is 0 Å². The van der Waals surface area contributed by atoms with E-state index in [9.17, 15) is 4.79 Å². The lowest BCUT2D eigenvalue weighted by molar-refractivity contribution is -0.133. The zero-order valence-corrected chi connectivity index (χ0v) is 13.8. The molecule has 0 fully saturated rings. The average Bonchev–Trinajstić information content (AvgIpc) is 2.96. The highest BCUT2D eigenvalue weighted by atomic mass is 16.5. The Bertz CT molecular complexity index is 659. The van der Waals surface area contributed by atoms with E-state index in [0.29, 0.717) is 32.7 Å². The van der Waals surface area contributed by atoms with Gasteiger partial charge in [0.1, 0.15) is 5.75 Å². The molecule has 0 saturated carbocycles. The number of ether oxygens (including phenoxy) is 2. The quantitative estimate of drug-likeness (QED) is 0.800. The number of carbonyl (C=O) groups excluding carboxylic acids is 1. The van der Waals surface area contributed by atoms with Gasteiger partial charge in [-0.2, -0.15) is 5.10 Å². The summed E-state index contributed by atoms with van der Waals surface area (Å²) in [4.78, 5) is 18.3. The maximum atomic E-state index is 12.4. The Morgan fingerprint density at radius 3 is 3.04 bits per heavy atom. The van der Waals surface area contributed by atoms with Gasteiger partial charge >= 0.3 is 0 Å². The number of hydrogen-bond donors (Lipinski definition) is 0. The molecule has 0 spiro atoms. The molecule has 128 valence electrons. The Morgan fingerprint density at radius 1 is 1.33 bits per heavy atom. The summed E-state index contributed by atoms with van der Waals surface area (Å²) in [6, 6.07) is 5.68. The van der Waals surface area contributed by atoms with E-state index < -0.39 is 0 Å². The predicted molar refractivity (Wildman–Crippen MR) is 87.4 cm³/mol. The highest BCUT2D eigenvalue weighted by molar-refractivity contribution is 5.76. The molecule has 0 radical (unpaired) electrons. The minimum atomic E-state index is 0.0953. The molecule has 2 aromatic heterocycles. The van der Waals surface area contributed by atoms with Gasteiger partial charge in [-0.25, -0.2) is 0 Å². The third kappa shape index (κ3) is 4.11. The molecule has 0 saturated heterocycles. The first-order valence-corrected chi connectivity index (χ1v) is 8.06. The number of carbonyl (C=O) groups is 1. The number of aromatic nitrogens is 3. The zero-order valence-electron chi connectivity index (χ0n) is 13.8. The van der Waals surface area contributed by atoms with Crippen LogP contribution in [0.5, 0.6) is 5.75 Å². The fraction of sp³-hybridized carbons (Fsp3) is 0.471. The molecular formula is C17H22N4O3. The summed E-state index contributed by atoms with van der Waals surface area (Å²) in [7, 11) is 1.61. The van der Waals surface area contributed by atoms with E-state index in [0.717, 1.165) is 18.0 Å². The monoisotopic (exact) mass is 330 g/mol. The van der Waals surface area contributed by atoms with Gasteiger partial charge in [0, 0.05) is 38.5 Å². The summed E-state index contributed by atoms with van der Waals surface area (Å²) in [5.74, 6) is 0.996. The third-order valence-corrected chi connectivity index (χ3v) is 4.06. The molecule has 0 N–H and O–H groups in total. The first kappa shape index (κ1) is 16.4. The second-order valence-electron chi connectivity index (χ2n) is 5.89. The molecule has 7 heteroatoms. The lowest BCUT2D eigenvalue weighted by atomic mass is 10.1. The lowest BCUT2D eigenvalue weighted by Gasteiger charge is -2.24. The van der Waals surface area contributed by atoms with Crippen molar-refractivity contribution in [2.45, 2.75) is 19.5 Å². The van der Waals surface area contributed by atoms with Gasteiger partial charge in [0.2, 0.25) is 5.91 Å². The van der Waals surface area contributed by atoms with Crippen LogP contribution in [-0.2, 0) is 22.6 Å². The van der Waals surface area contributed by atoms with Gasteiger partial charge in [-0.05, 0) is 18.2 Å². The summed E-state index contributed by atoms with van der Waals surface area (Å²) < 4.78 is 12.8. The van der Waals surface area contributed by atoms with Crippen LogP contribution in [0.4, 0.5) is 0 Å². The smallest absolute Gasteiger partial charge is 0.225 e. The van der Waals surface area contributed by atoms with E-state index in [1.54, 1.807) is 25.7 Å². The number of amides is 1. The van der Waals surface area contributed by atoms with Gasteiger partial charge in [-0.15, -0.1) is 0 Å². The van der Waals surface area contributed by atoms with Gasteiger partial charge in [0.15, 0.2) is 0 Å². The molecule has 1 aliphatic heterocycles. The van der Waals surface area contributed by atoms with Crippen molar-refractivity contribution in [1.29, 1.82) is 0 Å². The maximum absolute atomic E-state index is 12.4. The second kappa shape index (κ2) is 7.92. The van der Waals surface area contributed by atoms with E-state index in [-0.39, 0.29) is 11.8 Å². The molecule has 2 aromatic rings. The van der Waals surface area contributed by atoms with E-state index in [4.69, 9.17) is 9.47 Å². The summed E-state index contributed by atoms with van der Waals surface area (Å²) in [6.07, 6.45) is 5.57. The van der Waals surface area contributed by atoms with Crippen LogP contribution < -0.4 is 4.74 Å². The Hall–Kier alpha value is -2.41. The van der Waals surface area contributed by atoms with Crippen molar-refractivity contribution in [3.05, 3.63) is 42.5 Å². The van der Waals surface area contributed by atoms with Gasteiger partial charge < -0.3 is 14.4 Å². The topological polar surface area (TPSA) is 69.5 Å². The Balaban J connectivity index is 1.68. The Morgan fingerprint density at radius 2 is 2.25 bits per heavy atom. The third-order valence-electron chi connectivity index (χ3n) is 4.06. The highest BCUT2D eigenvalue weighted by Crippen LogP contribution is 2.18. The van der Waals surface area contributed by atoms with Crippen LogP contribution in [0.15, 0.2) is 36.8 Å². The van der Waals surface area contributed by atoms with Gasteiger partial charge in [0.25, 0.3) is 0 Å². The fourth-order valence-electron chi connectivity index (χ4n) is 2.82. The highest BCUT2D eigenvalue weighted by Gasteiger charge is 2.25. The van der Waals surface area contributed by atoms with E-state index >= 15 is 0 Å². The molecule has 0 bridgehead atoms. The number of nitrogens with zero attached hydrogens (tertiary/aromatic N) is 4. The van der Waals surface area contributed by atoms with Crippen LogP contribution >= 0.6 is 0 Å². The minimum Gasteiger partial charge on any atom is -0.492 e. The summed E-state index contributed by atoms with van der Waals surface area (Å²) in [6.45, 7) is 2.90. The first-order chi connectivity index (χ1) is 11.8. The van der Waals surface area contributed by atoms with E-state index in [1.807, 2.05) is 27.8 Å². The van der Waals surface area contributed by atoms with E-state index in [1.165, 1.54) is 0 Å². The molecule has 3 heterocycles. The van der Waals surface area contributed by atoms with Crippen LogP contribution in [0, 0.1) is 5.92 Å². The Labute approximate surface area is 141 Å². The molecule has 1 atom stereocenters. The van der Waals surface area contributed by atoms with Crippen LogP contribution in [-0.4, -0.2) is 52.4 Å². The SMILES string of the molecule is COCCC(=O)N1Cc2ccnn2C[C@H](COc2cccnc2)C1. The average molecular weight is 330 g/mol. The summed E-state index contributed by atoms with van der Waals surface area (Å²) in [5, 5.41) is 4.36. The number of methoxy groups -OCH3 is 1. The van der Waals surface area contributed by atoms with Crippen LogP contribution in [0.2, 0.25) is 0 Å². The predicted octanol–water partition coefficient (Wildman–Crippen LogP) is 1.35. The van der Waals surface area contributed by atoms with Crippen LogP contribution in [0.25, 0.3) is 0 Å². The number of rotatable bonds is 6. The lowest BCUT2D eigenvalue weighted by Crippen LogP contribution is -2.36. The largest absolute Gasteiger partial charge is 0.492 e. The van der Waals surface area contributed by atoms with Crippen LogP contribution in [0.1, 0.15) is 12.1 Å². The molecule has 0 aliphatic carbocycles. The molecule has 3 rings (SSSR count). The van der Waals surface area contributed by atoms with E-state index in [2.05, 4.69) is 10.1 Å². The molecule has 1 amide bonds. The van der Waals surface area contributed by atoms with Crippen molar-refractivity contribution in [1.82, 2.24) is 19.7 Å². The van der Waals surface area contributed by atoms with Crippen molar-refractivity contribution >= 4 is 5.91 Å². The first-order valence-electron chi connectivity index (χ1n) is 8.06. The van der Waals surface area contributed by atoms with Crippen molar-refractivity contribution < 1.29 is 14.3 Å². The molecule has 7 nitrogen and oxygen atoms in total. The molecule has 0 unspecified atom stereocenters. The molecule has 24 heavy (non-hydrogen) atoms. The van der Waals surface area contributed by atoms with Gasteiger partial charge in [-0.3, -0.25) is 14.5 Å². The summed E-state index contributed by atoms with van der Waals surface area (Å²) >= 11 is 0. The summed E-state index contributed by atoms with van der Waals surface area (Å²) in [5.41, 5.74) is 1.05. The molecular weight excluding hydrogens is 308 g/mol. The minimum absolute atomic E-state index is 0.0953.